The largest absolute Gasteiger partial charge is 0.295 e. The number of amides is 4. The molecule has 1 aromatic carbocycles. The highest BCUT2D eigenvalue weighted by molar-refractivity contribution is 6.24. The summed E-state index contributed by atoms with van der Waals surface area (Å²) in [6.45, 7) is 3.69. The molecule has 4 amide bonds. The minimum absolute atomic E-state index is 0.128. The van der Waals surface area contributed by atoms with E-state index in [0.29, 0.717) is 17.5 Å². The van der Waals surface area contributed by atoms with E-state index in [1.54, 1.807) is 6.92 Å². The van der Waals surface area contributed by atoms with E-state index in [0.717, 1.165) is 16.0 Å². The van der Waals surface area contributed by atoms with Crippen LogP contribution in [0.15, 0.2) is 12.1 Å². The maximum Gasteiger partial charge on any atom is 0.262 e. The number of fused-ring (bicyclic) bond motifs is 1. The Morgan fingerprint density at radius 2 is 1.82 bits per heavy atom. The summed E-state index contributed by atoms with van der Waals surface area (Å²) in [4.78, 5) is 49.6. The fourth-order valence-corrected chi connectivity index (χ4v) is 3.11. The first-order valence-electron chi connectivity index (χ1n) is 7.29. The number of carbonyl (C=O) groups is 4. The number of hydrogen-bond acceptors (Lipinski definition) is 4. The summed E-state index contributed by atoms with van der Waals surface area (Å²) in [5, 5.41) is 2.19. The highest BCUT2D eigenvalue weighted by atomic mass is 16.2. The van der Waals surface area contributed by atoms with Crippen LogP contribution >= 0.6 is 0 Å². The Labute approximate surface area is 127 Å². The molecule has 2 aliphatic rings. The molecule has 6 heteroatoms. The van der Waals surface area contributed by atoms with Crippen molar-refractivity contribution in [2.24, 2.45) is 0 Å². The van der Waals surface area contributed by atoms with E-state index >= 15 is 0 Å². The number of rotatable bonds is 2. The number of benzene rings is 1. The van der Waals surface area contributed by atoms with Gasteiger partial charge >= 0.3 is 0 Å². The Hall–Kier alpha value is -2.50. The molecule has 0 aromatic heterocycles. The number of nitrogens with one attached hydrogen (secondary N) is 1. The van der Waals surface area contributed by atoms with Crippen LogP contribution in [-0.2, 0) is 16.0 Å². The third-order valence-corrected chi connectivity index (χ3v) is 4.27. The molecule has 0 spiro atoms. The van der Waals surface area contributed by atoms with E-state index < -0.39 is 23.8 Å². The van der Waals surface area contributed by atoms with E-state index in [2.05, 4.69) is 5.32 Å². The Bertz CT molecular complexity index is 723. The van der Waals surface area contributed by atoms with Gasteiger partial charge in [-0.15, -0.1) is 0 Å². The molecular formula is C16H16N2O4. The van der Waals surface area contributed by atoms with Crippen molar-refractivity contribution in [1.82, 2.24) is 10.2 Å². The Balaban J connectivity index is 2.05. The smallest absolute Gasteiger partial charge is 0.262 e. The summed E-state index contributed by atoms with van der Waals surface area (Å²) in [6, 6.07) is 2.75. The lowest BCUT2D eigenvalue weighted by molar-refractivity contribution is -0.136. The molecule has 0 aliphatic carbocycles. The van der Waals surface area contributed by atoms with Gasteiger partial charge in [0.25, 0.3) is 11.8 Å². The van der Waals surface area contributed by atoms with Crippen molar-refractivity contribution in [1.29, 1.82) is 0 Å². The second-order valence-electron chi connectivity index (χ2n) is 5.59. The molecule has 1 N–H and O–H groups in total. The third kappa shape index (κ3) is 1.94. The average Bonchev–Trinajstić information content (AvgIpc) is 2.73. The van der Waals surface area contributed by atoms with Gasteiger partial charge in [-0.25, -0.2) is 0 Å². The van der Waals surface area contributed by atoms with E-state index in [1.165, 1.54) is 0 Å². The lowest BCUT2D eigenvalue weighted by Gasteiger charge is -2.27. The maximum absolute atomic E-state index is 12.7. The van der Waals surface area contributed by atoms with Crippen LogP contribution in [0.5, 0.6) is 0 Å². The van der Waals surface area contributed by atoms with Crippen molar-refractivity contribution in [3.05, 3.63) is 34.4 Å². The molecule has 114 valence electrons. The lowest BCUT2D eigenvalue weighted by Crippen LogP contribution is -2.54. The van der Waals surface area contributed by atoms with Crippen LogP contribution in [0.2, 0.25) is 0 Å². The predicted molar refractivity (Wildman–Crippen MR) is 77.2 cm³/mol. The normalized spacial score (nSPS) is 21.2. The first kappa shape index (κ1) is 14.4. The minimum Gasteiger partial charge on any atom is -0.295 e. The van der Waals surface area contributed by atoms with E-state index in [-0.39, 0.29) is 18.7 Å². The fraction of sp³-hybridized carbons (Fsp3) is 0.375. The predicted octanol–water partition coefficient (Wildman–Crippen LogP) is 0.959. The van der Waals surface area contributed by atoms with Crippen LogP contribution < -0.4 is 5.32 Å². The Morgan fingerprint density at radius 1 is 1.14 bits per heavy atom. The lowest BCUT2D eigenvalue weighted by atomic mass is 9.97. The highest BCUT2D eigenvalue weighted by Crippen LogP contribution is 2.32. The second-order valence-corrected chi connectivity index (χ2v) is 5.59. The zero-order valence-electron chi connectivity index (χ0n) is 12.4. The van der Waals surface area contributed by atoms with E-state index in [9.17, 15) is 19.2 Å². The van der Waals surface area contributed by atoms with Crippen molar-refractivity contribution >= 4 is 23.6 Å². The van der Waals surface area contributed by atoms with Crippen LogP contribution in [0.4, 0.5) is 0 Å². The molecule has 6 nitrogen and oxygen atoms in total. The first-order chi connectivity index (χ1) is 10.5. The summed E-state index contributed by atoms with van der Waals surface area (Å²) in [5.41, 5.74) is 2.31. The van der Waals surface area contributed by atoms with Crippen LogP contribution in [0.3, 0.4) is 0 Å². The number of carbonyl (C=O) groups excluding carboxylic acids is 4. The first-order valence-corrected chi connectivity index (χ1v) is 7.29. The Kier molecular flexibility index (Phi) is 3.31. The monoisotopic (exact) mass is 300 g/mol. The van der Waals surface area contributed by atoms with Crippen molar-refractivity contribution in [3.8, 4) is 0 Å². The van der Waals surface area contributed by atoms with Gasteiger partial charge in [-0.3, -0.25) is 29.4 Å². The van der Waals surface area contributed by atoms with E-state index in [4.69, 9.17) is 0 Å². The van der Waals surface area contributed by atoms with Gasteiger partial charge in [0, 0.05) is 6.42 Å². The van der Waals surface area contributed by atoms with Crippen LogP contribution in [0.25, 0.3) is 0 Å². The van der Waals surface area contributed by atoms with Gasteiger partial charge in [-0.05, 0) is 30.9 Å². The average molecular weight is 300 g/mol. The zero-order valence-corrected chi connectivity index (χ0v) is 12.4. The topological polar surface area (TPSA) is 83.6 Å². The van der Waals surface area contributed by atoms with Gasteiger partial charge in [-0.1, -0.05) is 19.1 Å². The third-order valence-electron chi connectivity index (χ3n) is 4.27. The molecule has 1 saturated heterocycles. The van der Waals surface area contributed by atoms with E-state index in [1.807, 2.05) is 19.1 Å². The number of hydrogen-bond donors (Lipinski definition) is 1. The number of nitrogens with zero attached hydrogens (tertiary/aromatic N) is 1. The molecule has 2 aliphatic heterocycles. The molecule has 1 atom stereocenters. The molecule has 0 bridgehead atoms. The van der Waals surface area contributed by atoms with Gasteiger partial charge < -0.3 is 0 Å². The van der Waals surface area contributed by atoms with Gasteiger partial charge in [0.2, 0.25) is 11.8 Å². The quantitative estimate of drug-likeness (QED) is 0.825. The van der Waals surface area contributed by atoms with Crippen LogP contribution in [0.1, 0.15) is 51.6 Å². The molecule has 0 saturated carbocycles. The van der Waals surface area contributed by atoms with Crippen LogP contribution in [-0.4, -0.2) is 34.6 Å². The molecule has 1 aromatic rings. The van der Waals surface area contributed by atoms with Crippen molar-refractivity contribution in [2.75, 3.05) is 0 Å². The number of piperidine rings is 1. The van der Waals surface area contributed by atoms with Gasteiger partial charge in [0.1, 0.15) is 6.04 Å². The van der Waals surface area contributed by atoms with Gasteiger partial charge in [-0.2, -0.15) is 0 Å². The molecule has 0 radical (unpaired) electrons. The standard InChI is InChI=1S/C16H16N2O4/c1-3-9-5-4-8(2)12-13(9)16(22)18(15(12)21)10-6-7-11(19)17-14(10)20/h4-5,10H,3,6-7H2,1-2H3,(H,17,19,20). The fourth-order valence-electron chi connectivity index (χ4n) is 3.11. The summed E-state index contributed by atoms with van der Waals surface area (Å²) in [6.07, 6.45) is 0.935. The summed E-state index contributed by atoms with van der Waals surface area (Å²) < 4.78 is 0. The minimum atomic E-state index is -0.908. The second kappa shape index (κ2) is 5.05. The van der Waals surface area contributed by atoms with Gasteiger partial charge in [0.15, 0.2) is 0 Å². The molecule has 1 fully saturated rings. The number of aryl methyl sites for hydroxylation is 2. The zero-order chi connectivity index (χ0) is 16.0. The maximum atomic E-state index is 12.7. The SMILES string of the molecule is CCc1ccc(C)c2c1C(=O)N(C1CCC(=O)NC1=O)C2=O. The van der Waals surface area contributed by atoms with Crippen molar-refractivity contribution < 1.29 is 19.2 Å². The molecule has 1 unspecified atom stereocenters. The molecule has 22 heavy (non-hydrogen) atoms. The Morgan fingerprint density at radius 3 is 2.45 bits per heavy atom. The molecular weight excluding hydrogens is 284 g/mol. The van der Waals surface area contributed by atoms with Crippen LogP contribution in [0, 0.1) is 6.92 Å². The molecule has 3 rings (SSSR count). The summed E-state index contributed by atoms with van der Waals surface area (Å²) in [7, 11) is 0. The summed E-state index contributed by atoms with van der Waals surface area (Å²) >= 11 is 0. The van der Waals surface area contributed by atoms with Gasteiger partial charge in [0.05, 0.1) is 11.1 Å². The molecule has 2 heterocycles. The van der Waals surface area contributed by atoms with Crippen molar-refractivity contribution in [2.45, 2.75) is 39.2 Å². The van der Waals surface area contributed by atoms with Crippen molar-refractivity contribution in [3.63, 3.8) is 0 Å². The summed E-state index contributed by atoms with van der Waals surface area (Å²) in [5.74, 6) is -1.83. The number of imide groups is 2. The highest BCUT2D eigenvalue weighted by Gasteiger charge is 2.45.